The second kappa shape index (κ2) is 6.92. The molecule has 19 heavy (non-hydrogen) atoms. The molecular weight excluding hydrogens is 260 g/mol. The lowest BCUT2D eigenvalue weighted by molar-refractivity contribution is -0.121. The second-order valence-electron chi connectivity index (χ2n) is 5.77. The minimum absolute atomic E-state index is 0.0270. The van der Waals surface area contributed by atoms with E-state index in [1.165, 1.54) is 0 Å². The lowest BCUT2D eigenvalue weighted by Gasteiger charge is -2.21. The van der Waals surface area contributed by atoms with Crippen molar-refractivity contribution in [1.82, 2.24) is 10.6 Å². The Hall–Kier alpha value is -1.06. The van der Waals surface area contributed by atoms with E-state index in [1.54, 1.807) is 0 Å². The molecule has 4 heteroatoms. The van der Waals surface area contributed by atoms with Crippen LogP contribution in [-0.2, 0) is 4.79 Å². The fraction of sp³-hybridized carbons (Fsp3) is 0.533. The molecule has 0 saturated carbocycles. The number of amides is 1. The summed E-state index contributed by atoms with van der Waals surface area (Å²) in [5.74, 6) is 0.0456. The Bertz CT molecular complexity index is 426. The predicted octanol–water partition coefficient (Wildman–Crippen LogP) is 3.30. The van der Waals surface area contributed by atoms with Gasteiger partial charge in [0.2, 0.25) is 5.91 Å². The van der Waals surface area contributed by atoms with E-state index in [1.807, 2.05) is 31.2 Å². The minimum Gasteiger partial charge on any atom is -0.350 e. The zero-order chi connectivity index (χ0) is 14.5. The number of carbonyl (C=O) groups is 1. The normalized spacial score (nSPS) is 13.1. The van der Waals surface area contributed by atoms with E-state index >= 15 is 0 Å². The van der Waals surface area contributed by atoms with E-state index in [0.717, 1.165) is 5.56 Å². The first kappa shape index (κ1) is 16.0. The SMILES string of the molecule is C[C@H](NC(=O)CCNC(C)(C)C)c1cccc(Cl)c1. The molecule has 0 unspecified atom stereocenters. The average molecular weight is 283 g/mol. The summed E-state index contributed by atoms with van der Waals surface area (Å²) in [6.45, 7) is 8.89. The topological polar surface area (TPSA) is 41.1 Å². The van der Waals surface area contributed by atoms with Crippen LogP contribution in [0, 0.1) is 0 Å². The van der Waals surface area contributed by atoms with Crippen molar-refractivity contribution in [3.05, 3.63) is 34.9 Å². The summed E-state index contributed by atoms with van der Waals surface area (Å²) in [6.07, 6.45) is 0.474. The molecule has 0 saturated heterocycles. The Kier molecular flexibility index (Phi) is 5.83. The van der Waals surface area contributed by atoms with Gasteiger partial charge in [-0.25, -0.2) is 0 Å². The summed E-state index contributed by atoms with van der Waals surface area (Å²) >= 11 is 5.94. The van der Waals surface area contributed by atoms with E-state index in [0.29, 0.717) is 18.0 Å². The fourth-order valence-corrected chi connectivity index (χ4v) is 1.92. The van der Waals surface area contributed by atoms with Crippen LogP contribution < -0.4 is 10.6 Å². The van der Waals surface area contributed by atoms with Crippen molar-refractivity contribution in [2.45, 2.75) is 45.7 Å². The summed E-state index contributed by atoms with van der Waals surface area (Å²) in [7, 11) is 0. The number of carbonyl (C=O) groups excluding carboxylic acids is 1. The molecule has 0 bridgehead atoms. The molecule has 0 aromatic heterocycles. The number of hydrogen-bond donors (Lipinski definition) is 2. The highest BCUT2D eigenvalue weighted by molar-refractivity contribution is 6.30. The largest absolute Gasteiger partial charge is 0.350 e. The van der Waals surface area contributed by atoms with Crippen LogP contribution in [0.2, 0.25) is 5.02 Å². The molecule has 0 aliphatic carbocycles. The Balaban J connectivity index is 2.40. The van der Waals surface area contributed by atoms with Crippen molar-refractivity contribution in [3.63, 3.8) is 0 Å². The molecule has 3 nitrogen and oxygen atoms in total. The molecule has 0 heterocycles. The monoisotopic (exact) mass is 282 g/mol. The Morgan fingerprint density at radius 1 is 1.37 bits per heavy atom. The Morgan fingerprint density at radius 3 is 2.63 bits per heavy atom. The molecular formula is C15H23ClN2O. The van der Waals surface area contributed by atoms with Gasteiger partial charge in [-0.2, -0.15) is 0 Å². The number of nitrogens with one attached hydrogen (secondary N) is 2. The molecule has 0 spiro atoms. The molecule has 0 radical (unpaired) electrons. The van der Waals surface area contributed by atoms with Gasteiger partial charge in [-0.15, -0.1) is 0 Å². The van der Waals surface area contributed by atoms with Crippen molar-refractivity contribution in [2.75, 3.05) is 6.54 Å². The Labute approximate surface area is 120 Å². The van der Waals surface area contributed by atoms with Gasteiger partial charge in [0, 0.05) is 23.5 Å². The predicted molar refractivity (Wildman–Crippen MR) is 80.4 cm³/mol. The first-order valence-corrected chi connectivity index (χ1v) is 6.95. The molecule has 0 fully saturated rings. The molecule has 1 atom stereocenters. The van der Waals surface area contributed by atoms with Gasteiger partial charge in [0.05, 0.1) is 6.04 Å². The first-order chi connectivity index (χ1) is 8.78. The van der Waals surface area contributed by atoms with Crippen LogP contribution in [0.15, 0.2) is 24.3 Å². The van der Waals surface area contributed by atoms with Gasteiger partial charge in [-0.05, 0) is 45.4 Å². The van der Waals surface area contributed by atoms with Crippen LogP contribution in [0.1, 0.15) is 45.7 Å². The second-order valence-corrected chi connectivity index (χ2v) is 6.21. The van der Waals surface area contributed by atoms with E-state index < -0.39 is 0 Å². The maximum atomic E-state index is 11.8. The van der Waals surface area contributed by atoms with Gasteiger partial charge >= 0.3 is 0 Å². The molecule has 0 aliphatic heterocycles. The molecule has 2 N–H and O–H groups in total. The molecule has 1 aromatic rings. The van der Waals surface area contributed by atoms with Crippen molar-refractivity contribution in [3.8, 4) is 0 Å². The van der Waals surface area contributed by atoms with E-state index in [4.69, 9.17) is 11.6 Å². The highest BCUT2D eigenvalue weighted by atomic mass is 35.5. The number of hydrogen-bond acceptors (Lipinski definition) is 2. The number of rotatable bonds is 5. The van der Waals surface area contributed by atoms with E-state index in [-0.39, 0.29) is 17.5 Å². The van der Waals surface area contributed by atoms with Crippen LogP contribution in [0.3, 0.4) is 0 Å². The van der Waals surface area contributed by atoms with Gasteiger partial charge in [0.25, 0.3) is 0 Å². The van der Waals surface area contributed by atoms with Crippen LogP contribution in [-0.4, -0.2) is 18.0 Å². The summed E-state index contributed by atoms with van der Waals surface area (Å²) in [5.41, 5.74) is 1.06. The summed E-state index contributed by atoms with van der Waals surface area (Å²) in [4.78, 5) is 11.8. The fourth-order valence-electron chi connectivity index (χ4n) is 1.72. The smallest absolute Gasteiger partial charge is 0.221 e. The van der Waals surface area contributed by atoms with Crippen molar-refractivity contribution in [1.29, 1.82) is 0 Å². The molecule has 1 amide bonds. The van der Waals surface area contributed by atoms with Crippen molar-refractivity contribution < 1.29 is 4.79 Å². The Morgan fingerprint density at radius 2 is 2.05 bits per heavy atom. The van der Waals surface area contributed by atoms with Gasteiger partial charge < -0.3 is 10.6 Å². The van der Waals surface area contributed by atoms with Crippen LogP contribution >= 0.6 is 11.6 Å². The summed E-state index contributed by atoms with van der Waals surface area (Å²) < 4.78 is 0. The third-order valence-electron chi connectivity index (χ3n) is 2.73. The highest BCUT2D eigenvalue weighted by Gasteiger charge is 2.12. The van der Waals surface area contributed by atoms with Crippen LogP contribution in [0.4, 0.5) is 0 Å². The van der Waals surface area contributed by atoms with E-state index in [2.05, 4.69) is 31.4 Å². The third-order valence-corrected chi connectivity index (χ3v) is 2.97. The van der Waals surface area contributed by atoms with Gasteiger partial charge in [0.15, 0.2) is 0 Å². The number of benzene rings is 1. The lowest BCUT2D eigenvalue weighted by atomic mass is 10.1. The number of halogens is 1. The van der Waals surface area contributed by atoms with Gasteiger partial charge in [0.1, 0.15) is 0 Å². The zero-order valence-electron chi connectivity index (χ0n) is 12.1. The van der Waals surface area contributed by atoms with Crippen molar-refractivity contribution >= 4 is 17.5 Å². The van der Waals surface area contributed by atoms with Gasteiger partial charge in [-0.3, -0.25) is 4.79 Å². The first-order valence-electron chi connectivity index (χ1n) is 6.58. The maximum Gasteiger partial charge on any atom is 0.221 e. The van der Waals surface area contributed by atoms with Crippen LogP contribution in [0.25, 0.3) is 0 Å². The van der Waals surface area contributed by atoms with Crippen molar-refractivity contribution in [2.24, 2.45) is 0 Å². The molecule has 1 aromatic carbocycles. The average Bonchev–Trinajstić information content (AvgIpc) is 2.27. The standard InChI is InChI=1S/C15H23ClN2O/c1-11(12-6-5-7-13(16)10-12)18-14(19)8-9-17-15(2,3)4/h5-7,10-11,17H,8-9H2,1-4H3,(H,18,19)/t11-/m0/s1. The molecule has 106 valence electrons. The summed E-state index contributed by atoms with van der Waals surface area (Å²) in [5, 5.41) is 6.95. The van der Waals surface area contributed by atoms with E-state index in [9.17, 15) is 4.79 Å². The molecule has 0 aliphatic rings. The maximum absolute atomic E-state index is 11.8. The quantitative estimate of drug-likeness (QED) is 0.870. The molecule has 1 rings (SSSR count). The minimum atomic E-state index is -0.0270. The zero-order valence-corrected chi connectivity index (χ0v) is 12.8. The van der Waals surface area contributed by atoms with Gasteiger partial charge in [-0.1, -0.05) is 23.7 Å². The van der Waals surface area contributed by atoms with Crippen LogP contribution in [0.5, 0.6) is 0 Å². The highest BCUT2D eigenvalue weighted by Crippen LogP contribution is 2.17. The summed E-state index contributed by atoms with van der Waals surface area (Å²) in [6, 6.07) is 7.53. The lowest BCUT2D eigenvalue weighted by Crippen LogP contribution is -2.38. The third kappa shape index (κ3) is 6.60.